The first-order chi connectivity index (χ1) is 21.2. The molecule has 0 saturated heterocycles. The smallest absolute Gasteiger partial charge is 0.282 e. The summed E-state index contributed by atoms with van der Waals surface area (Å²) in [5.41, 5.74) is 4.95. The van der Waals surface area contributed by atoms with E-state index in [0.717, 1.165) is 41.6 Å². The van der Waals surface area contributed by atoms with Gasteiger partial charge in [-0.25, -0.2) is 4.98 Å². The fraction of sp³-hybridized carbons (Fsp3) is 0.229. The molecule has 1 aromatic heterocycles. The van der Waals surface area contributed by atoms with Crippen LogP contribution in [0.5, 0.6) is 17.2 Å². The van der Waals surface area contributed by atoms with E-state index in [1.165, 1.54) is 4.68 Å². The van der Waals surface area contributed by atoms with Gasteiger partial charge in [0.1, 0.15) is 12.4 Å². The van der Waals surface area contributed by atoms with Crippen LogP contribution in [-0.4, -0.2) is 29.6 Å². The summed E-state index contributed by atoms with van der Waals surface area (Å²) in [6, 6.07) is 23.2. The number of nitrogens with zero attached hydrogens (tertiary/aromatic N) is 3. The van der Waals surface area contributed by atoms with E-state index >= 15 is 0 Å². The Morgan fingerprint density at radius 2 is 1.77 bits per heavy atom. The van der Waals surface area contributed by atoms with Gasteiger partial charge in [-0.2, -0.15) is 9.78 Å². The molecule has 0 aliphatic heterocycles. The molecule has 0 spiro atoms. The first-order valence-electron chi connectivity index (χ1n) is 14.3. The summed E-state index contributed by atoms with van der Waals surface area (Å²) in [7, 11) is 1.61. The van der Waals surface area contributed by atoms with Gasteiger partial charge in [0, 0.05) is 10.0 Å². The SMILES string of the molecule is CCOc1cc(C)c(-c2nc3ccccc3c(=O)n2N=Cc2cc(I)c(OCc3ccc(Br)cc3)c(OC)c2)cc1C(C)C. The molecule has 7 nitrogen and oxygen atoms in total. The van der Waals surface area contributed by atoms with Crippen LogP contribution >= 0.6 is 38.5 Å². The second-order valence-electron chi connectivity index (χ2n) is 10.6. The fourth-order valence-electron chi connectivity index (χ4n) is 4.89. The molecule has 9 heteroatoms. The highest BCUT2D eigenvalue weighted by molar-refractivity contribution is 14.1. The van der Waals surface area contributed by atoms with E-state index < -0.39 is 0 Å². The minimum atomic E-state index is -0.252. The molecule has 0 aliphatic rings. The lowest BCUT2D eigenvalue weighted by Gasteiger charge is -2.18. The molecule has 0 fully saturated rings. The monoisotopic (exact) mass is 765 g/mol. The van der Waals surface area contributed by atoms with Crippen molar-refractivity contribution in [2.45, 2.75) is 40.2 Å². The molecular weight excluding hydrogens is 733 g/mol. The average Bonchev–Trinajstić information content (AvgIpc) is 3.00. The minimum absolute atomic E-state index is 0.207. The number of hydrogen-bond acceptors (Lipinski definition) is 6. The van der Waals surface area contributed by atoms with Crippen LogP contribution < -0.4 is 19.8 Å². The quantitative estimate of drug-likeness (QED) is 0.105. The Morgan fingerprint density at radius 3 is 2.48 bits per heavy atom. The molecule has 226 valence electrons. The Morgan fingerprint density at radius 1 is 1.02 bits per heavy atom. The summed E-state index contributed by atoms with van der Waals surface area (Å²) in [6.07, 6.45) is 1.65. The standard InChI is InChI=1S/C35H33BrIN3O4/c1-6-43-31-15-22(4)28(18-27(31)21(2)3)34-39-30-10-8-7-9-26(30)35(41)40(34)38-19-24-16-29(37)33(32(17-24)42-5)44-20-23-11-13-25(36)14-12-23/h7-19,21H,6,20H2,1-5H3. The van der Waals surface area contributed by atoms with Gasteiger partial charge in [-0.1, -0.05) is 54.0 Å². The maximum atomic E-state index is 13.9. The summed E-state index contributed by atoms with van der Waals surface area (Å²) in [5.74, 6) is 2.72. The van der Waals surface area contributed by atoms with E-state index in [-0.39, 0.29) is 11.5 Å². The number of methoxy groups -OCH3 is 1. The van der Waals surface area contributed by atoms with Gasteiger partial charge in [0.15, 0.2) is 17.3 Å². The van der Waals surface area contributed by atoms with Crippen molar-refractivity contribution in [3.63, 3.8) is 0 Å². The highest BCUT2D eigenvalue weighted by atomic mass is 127. The molecule has 0 radical (unpaired) electrons. The maximum absolute atomic E-state index is 13.9. The number of ether oxygens (including phenoxy) is 3. The van der Waals surface area contributed by atoms with E-state index in [4.69, 9.17) is 24.3 Å². The van der Waals surface area contributed by atoms with Gasteiger partial charge in [-0.15, -0.1) is 0 Å². The van der Waals surface area contributed by atoms with Crippen LogP contribution in [-0.2, 0) is 6.61 Å². The molecule has 4 aromatic carbocycles. The van der Waals surface area contributed by atoms with Gasteiger partial charge in [-0.05, 0) is 113 Å². The van der Waals surface area contributed by atoms with Crippen LogP contribution in [0.2, 0.25) is 0 Å². The van der Waals surface area contributed by atoms with E-state index in [1.54, 1.807) is 19.4 Å². The van der Waals surface area contributed by atoms with Gasteiger partial charge < -0.3 is 14.2 Å². The van der Waals surface area contributed by atoms with E-state index in [9.17, 15) is 4.79 Å². The van der Waals surface area contributed by atoms with Crippen LogP contribution in [0.4, 0.5) is 0 Å². The molecule has 0 N–H and O–H groups in total. The van der Waals surface area contributed by atoms with Crippen molar-refractivity contribution >= 4 is 55.6 Å². The van der Waals surface area contributed by atoms with Gasteiger partial charge in [0.2, 0.25) is 0 Å². The molecule has 0 bridgehead atoms. The van der Waals surface area contributed by atoms with E-state index in [1.807, 2.05) is 74.5 Å². The van der Waals surface area contributed by atoms with Gasteiger partial charge in [0.25, 0.3) is 5.56 Å². The van der Waals surface area contributed by atoms with Crippen molar-refractivity contribution in [1.29, 1.82) is 0 Å². The molecule has 0 aliphatic carbocycles. The average molecular weight is 766 g/mol. The second-order valence-corrected chi connectivity index (χ2v) is 12.6. The largest absolute Gasteiger partial charge is 0.494 e. The Hall–Kier alpha value is -3.70. The topological polar surface area (TPSA) is 74.9 Å². The summed E-state index contributed by atoms with van der Waals surface area (Å²) >= 11 is 5.69. The number of aryl methyl sites for hydroxylation is 1. The molecule has 5 rings (SSSR count). The number of para-hydroxylation sites is 1. The van der Waals surface area contributed by atoms with Crippen molar-refractivity contribution < 1.29 is 14.2 Å². The highest BCUT2D eigenvalue weighted by Gasteiger charge is 2.19. The zero-order valence-electron chi connectivity index (χ0n) is 25.2. The molecule has 0 unspecified atom stereocenters. The number of halogens is 2. The lowest BCUT2D eigenvalue weighted by atomic mass is 9.96. The zero-order valence-corrected chi connectivity index (χ0v) is 29.0. The Labute approximate surface area is 279 Å². The number of fused-ring (bicyclic) bond motifs is 1. The van der Waals surface area contributed by atoms with Crippen molar-refractivity contribution in [1.82, 2.24) is 9.66 Å². The number of benzene rings is 4. The van der Waals surface area contributed by atoms with E-state index in [0.29, 0.717) is 41.4 Å². The predicted octanol–water partition coefficient (Wildman–Crippen LogP) is 8.73. The Balaban J connectivity index is 1.58. The minimum Gasteiger partial charge on any atom is -0.494 e. The maximum Gasteiger partial charge on any atom is 0.282 e. The molecule has 1 heterocycles. The highest BCUT2D eigenvalue weighted by Crippen LogP contribution is 2.36. The third-order valence-corrected chi connectivity index (χ3v) is 8.47. The molecule has 5 aromatic rings. The summed E-state index contributed by atoms with van der Waals surface area (Å²) in [5, 5.41) is 5.20. The normalized spacial score (nSPS) is 11.5. The van der Waals surface area contributed by atoms with Crippen molar-refractivity contribution in [2.24, 2.45) is 5.10 Å². The van der Waals surface area contributed by atoms with Gasteiger partial charge in [-0.3, -0.25) is 4.79 Å². The lowest BCUT2D eigenvalue weighted by molar-refractivity contribution is 0.282. The fourth-order valence-corrected chi connectivity index (χ4v) is 5.94. The van der Waals surface area contributed by atoms with Crippen LogP contribution in [0.25, 0.3) is 22.3 Å². The van der Waals surface area contributed by atoms with Crippen LogP contribution in [0, 0.1) is 10.5 Å². The molecule has 44 heavy (non-hydrogen) atoms. The van der Waals surface area contributed by atoms with Crippen LogP contribution in [0.15, 0.2) is 87.2 Å². The number of aromatic nitrogens is 2. The second kappa shape index (κ2) is 13.9. The van der Waals surface area contributed by atoms with Crippen molar-refractivity contribution in [2.75, 3.05) is 13.7 Å². The summed E-state index contributed by atoms with van der Waals surface area (Å²) in [6.45, 7) is 9.18. The summed E-state index contributed by atoms with van der Waals surface area (Å²) < 4.78 is 21.0. The van der Waals surface area contributed by atoms with Crippen LogP contribution in [0.3, 0.4) is 0 Å². The third-order valence-electron chi connectivity index (χ3n) is 7.14. The van der Waals surface area contributed by atoms with Crippen LogP contribution in [0.1, 0.15) is 48.9 Å². The van der Waals surface area contributed by atoms with E-state index in [2.05, 4.69) is 58.4 Å². The summed E-state index contributed by atoms with van der Waals surface area (Å²) in [4.78, 5) is 18.8. The first kappa shape index (κ1) is 31.7. The van der Waals surface area contributed by atoms with Crippen molar-refractivity contribution in [3.05, 3.63) is 113 Å². The molecular formula is C35H33BrIN3O4. The number of hydrogen-bond donors (Lipinski definition) is 0. The molecule has 0 saturated carbocycles. The predicted molar refractivity (Wildman–Crippen MR) is 189 cm³/mol. The molecule has 0 amide bonds. The van der Waals surface area contributed by atoms with Gasteiger partial charge in [0.05, 0.1) is 34.4 Å². The molecule has 0 atom stereocenters. The Kier molecular flexibility index (Phi) is 10.1. The Bertz CT molecular complexity index is 1900. The zero-order chi connectivity index (χ0) is 31.4. The number of rotatable bonds is 10. The van der Waals surface area contributed by atoms with Gasteiger partial charge >= 0.3 is 0 Å². The first-order valence-corrected chi connectivity index (χ1v) is 16.2. The lowest BCUT2D eigenvalue weighted by Crippen LogP contribution is -2.21. The third kappa shape index (κ3) is 6.83. The van der Waals surface area contributed by atoms with Crippen molar-refractivity contribution in [3.8, 4) is 28.6 Å².